The van der Waals surface area contributed by atoms with Gasteiger partial charge in [0.1, 0.15) is 12.1 Å². The molecule has 1 aromatic carbocycles. The molecule has 1 N–H and O–H groups in total. The minimum Gasteiger partial charge on any atom is -0.370 e. The number of fused-ring (bicyclic) bond motifs is 1. The van der Waals surface area contributed by atoms with Crippen LogP contribution in [-0.4, -0.2) is 26.1 Å². The van der Waals surface area contributed by atoms with Crippen molar-refractivity contribution >= 4 is 11.6 Å². The van der Waals surface area contributed by atoms with Gasteiger partial charge in [-0.25, -0.2) is 4.98 Å². The minimum absolute atomic E-state index is 0.647. The van der Waals surface area contributed by atoms with Gasteiger partial charge in [0, 0.05) is 24.2 Å². The van der Waals surface area contributed by atoms with Crippen molar-refractivity contribution in [2.24, 2.45) is 0 Å². The van der Waals surface area contributed by atoms with Gasteiger partial charge in [-0.1, -0.05) is 43.7 Å². The maximum absolute atomic E-state index is 4.57. The van der Waals surface area contributed by atoms with Crippen LogP contribution in [0.2, 0.25) is 0 Å². The van der Waals surface area contributed by atoms with Gasteiger partial charge in [-0.3, -0.25) is 0 Å². The molecule has 3 aromatic rings. The standard InChI is InChI=1S/C17H21N5/c1-3-4-10-18-16-15(11-14-8-6-5-7-9-14)13(2)21-17-19-12-20-22(16)17/h5-9,12,18H,3-4,10-11H2,1-2H3. The van der Waals surface area contributed by atoms with E-state index in [2.05, 4.69) is 51.6 Å². The van der Waals surface area contributed by atoms with Gasteiger partial charge in [0.05, 0.1) is 0 Å². The van der Waals surface area contributed by atoms with E-state index in [1.54, 1.807) is 10.8 Å². The van der Waals surface area contributed by atoms with E-state index in [-0.39, 0.29) is 0 Å². The molecule has 0 aliphatic carbocycles. The summed E-state index contributed by atoms with van der Waals surface area (Å²) in [5.74, 6) is 1.66. The molecule has 114 valence electrons. The number of unbranched alkanes of at least 4 members (excludes halogenated alkanes) is 1. The zero-order valence-electron chi connectivity index (χ0n) is 13.1. The van der Waals surface area contributed by atoms with E-state index in [1.165, 1.54) is 11.1 Å². The molecule has 0 amide bonds. The number of nitrogens with one attached hydrogen (secondary N) is 1. The second-order valence-corrected chi connectivity index (χ2v) is 5.44. The van der Waals surface area contributed by atoms with Gasteiger partial charge in [0.2, 0.25) is 0 Å². The van der Waals surface area contributed by atoms with Crippen LogP contribution in [0.3, 0.4) is 0 Å². The molecule has 5 nitrogen and oxygen atoms in total. The normalized spacial score (nSPS) is 11.0. The van der Waals surface area contributed by atoms with Crippen LogP contribution in [0, 0.1) is 6.92 Å². The number of anilines is 1. The predicted octanol–water partition coefficient (Wildman–Crippen LogP) is 3.24. The van der Waals surface area contributed by atoms with Crippen molar-refractivity contribution in [3.8, 4) is 0 Å². The second kappa shape index (κ2) is 6.56. The van der Waals surface area contributed by atoms with Crippen LogP contribution in [0.25, 0.3) is 5.78 Å². The van der Waals surface area contributed by atoms with Crippen LogP contribution in [0.4, 0.5) is 5.82 Å². The number of benzene rings is 1. The maximum Gasteiger partial charge on any atom is 0.254 e. The van der Waals surface area contributed by atoms with E-state index < -0.39 is 0 Å². The lowest BCUT2D eigenvalue weighted by atomic mass is 10.0. The molecule has 0 unspecified atom stereocenters. The van der Waals surface area contributed by atoms with Crippen molar-refractivity contribution in [1.82, 2.24) is 19.6 Å². The first kappa shape index (κ1) is 14.5. The van der Waals surface area contributed by atoms with Crippen molar-refractivity contribution in [3.63, 3.8) is 0 Å². The fraction of sp³-hybridized carbons (Fsp3) is 0.353. The smallest absolute Gasteiger partial charge is 0.254 e. The summed E-state index contributed by atoms with van der Waals surface area (Å²) in [6.07, 6.45) is 4.68. The van der Waals surface area contributed by atoms with Gasteiger partial charge in [0.25, 0.3) is 5.78 Å². The van der Waals surface area contributed by atoms with Gasteiger partial charge in [0.15, 0.2) is 0 Å². The summed E-state index contributed by atoms with van der Waals surface area (Å²) in [6, 6.07) is 10.4. The molecule has 0 saturated heterocycles. The first-order chi connectivity index (χ1) is 10.8. The highest BCUT2D eigenvalue weighted by atomic mass is 15.4. The fourth-order valence-electron chi connectivity index (χ4n) is 2.56. The van der Waals surface area contributed by atoms with Crippen LogP contribution in [0.1, 0.15) is 36.6 Å². The Kier molecular flexibility index (Phi) is 4.32. The van der Waals surface area contributed by atoms with Crippen molar-refractivity contribution in [2.75, 3.05) is 11.9 Å². The van der Waals surface area contributed by atoms with Crippen LogP contribution >= 0.6 is 0 Å². The second-order valence-electron chi connectivity index (χ2n) is 5.44. The highest BCUT2D eigenvalue weighted by Gasteiger charge is 2.14. The van der Waals surface area contributed by atoms with E-state index in [1.807, 2.05) is 13.0 Å². The quantitative estimate of drug-likeness (QED) is 0.709. The van der Waals surface area contributed by atoms with Crippen molar-refractivity contribution in [3.05, 3.63) is 53.5 Å². The number of aromatic nitrogens is 4. The molecule has 5 heteroatoms. The van der Waals surface area contributed by atoms with E-state index >= 15 is 0 Å². The summed E-state index contributed by atoms with van der Waals surface area (Å²) in [5.41, 5.74) is 3.45. The third-order valence-corrected chi connectivity index (χ3v) is 3.78. The van der Waals surface area contributed by atoms with Crippen molar-refractivity contribution < 1.29 is 0 Å². The lowest BCUT2D eigenvalue weighted by molar-refractivity contribution is 0.813. The lowest BCUT2D eigenvalue weighted by Crippen LogP contribution is -2.13. The zero-order valence-corrected chi connectivity index (χ0v) is 13.1. The summed E-state index contributed by atoms with van der Waals surface area (Å²) >= 11 is 0. The van der Waals surface area contributed by atoms with Gasteiger partial charge in [-0.15, -0.1) is 0 Å². The Balaban J connectivity index is 2.02. The molecule has 0 atom stereocenters. The Morgan fingerprint density at radius 1 is 1.18 bits per heavy atom. The summed E-state index contributed by atoms with van der Waals surface area (Å²) < 4.78 is 1.81. The molecule has 0 saturated carbocycles. The highest BCUT2D eigenvalue weighted by molar-refractivity contribution is 5.54. The molecule has 0 fully saturated rings. The van der Waals surface area contributed by atoms with E-state index in [0.717, 1.165) is 37.3 Å². The highest BCUT2D eigenvalue weighted by Crippen LogP contribution is 2.22. The third kappa shape index (κ3) is 2.93. The third-order valence-electron chi connectivity index (χ3n) is 3.78. The Morgan fingerprint density at radius 3 is 2.77 bits per heavy atom. The van der Waals surface area contributed by atoms with Gasteiger partial charge in [-0.05, 0) is 18.9 Å². The van der Waals surface area contributed by atoms with Gasteiger partial charge in [-0.2, -0.15) is 14.6 Å². The zero-order chi connectivity index (χ0) is 15.4. The Labute approximate surface area is 130 Å². The minimum atomic E-state index is 0.647. The average molecular weight is 295 g/mol. The monoisotopic (exact) mass is 295 g/mol. The average Bonchev–Trinajstić information content (AvgIpc) is 2.99. The summed E-state index contributed by atoms with van der Waals surface area (Å²) in [6.45, 7) is 5.16. The summed E-state index contributed by atoms with van der Waals surface area (Å²) in [5, 5.41) is 7.85. The number of hydrogen-bond donors (Lipinski definition) is 1. The van der Waals surface area contributed by atoms with E-state index in [9.17, 15) is 0 Å². The van der Waals surface area contributed by atoms with Crippen molar-refractivity contribution in [1.29, 1.82) is 0 Å². The van der Waals surface area contributed by atoms with Gasteiger partial charge < -0.3 is 5.32 Å². The van der Waals surface area contributed by atoms with E-state index in [4.69, 9.17) is 0 Å². The molecule has 0 spiro atoms. The largest absolute Gasteiger partial charge is 0.370 e. The van der Waals surface area contributed by atoms with Gasteiger partial charge >= 0.3 is 0 Å². The molecule has 0 bridgehead atoms. The molecule has 0 aliphatic heterocycles. The molecule has 3 rings (SSSR count). The van der Waals surface area contributed by atoms with Crippen LogP contribution in [0.15, 0.2) is 36.7 Å². The molecule has 2 heterocycles. The molecular weight excluding hydrogens is 274 g/mol. The van der Waals surface area contributed by atoms with Crippen LogP contribution < -0.4 is 5.32 Å². The number of nitrogens with zero attached hydrogens (tertiary/aromatic N) is 4. The first-order valence-electron chi connectivity index (χ1n) is 7.76. The predicted molar refractivity (Wildman–Crippen MR) is 88.2 cm³/mol. The van der Waals surface area contributed by atoms with Crippen molar-refractivity contribution in [2.45, 2.75) is 33.1 Å². The van der Waals surface area contributed by atoms with E-state index in [0.29, 0.717) is 5.78 Å². The van der Waals surface area contributed by atoms with Crippen LogP contribution in [0.5, 0.6) is 0 Å². The fourth-order valence-corrected chi connectivity index (χ4v) is 2.56. The Hall–Kier alpha value is -2.43. The maximum atomic E-state index is 4.57. The number of aryl methyl sites for hydroxylation is 1. The summed E-state index contributed by atoms with van der Waals surface area (Å²) in [7, 11) is 0. The molecule has 0 radical (unpaired) electrons. The lowest BCUT2D eigenvalue weighted by Gasteiger charge is -2.15. The summed E-state index contributed by atoms with van der Waals surface area (Å²) in [4.78, 5) is 8.79. The SMILES string of the molecule is CCCCNc1c(Cc2ccccc2)c(C)nc2ncnn12. The molecule has 0 aliphatic rings. The molecule has 22 heavy (non-hydrogen) atoms. The Bertz CT molecular complexity index is 748. The van der Waals surface area contributed by atoms with Crippen LogP contribution in [-0.2, 0) is 6.42 Å². The number of rotatable bonds is 6. The topological polar surface area (TPSA) is 55.1 Å². The number of hydrogen-bond acceptors (Lipinski definition) is 4. The Morgan fingerprint density at radius 2 is 2.00 bits per heavy atom. The molecular formula is C17H21N5. The molecule has 2 aromatic heterocycles. The first-order valence-corrected chi connectivity index (χ1v) is 7.76.